The quantitative estimate of drug-likeness (QED) is 0.863. The van der Waals surface area contributed by atoms with E-state index >= 15 is 0 Å². The lowest BCUT2D eigenvalue weighted by molar-refractivity contribution is 0.0328. The first-order valence-corrected chi connectivity index (χ1v) is 7.32. The molecule has 0 radical (unpaired) electrons. The number of rotatable bonds is 4. The number of nitrogens with two attached hydrogens (primary N) is 1. The van der Waals surface area contributed by atoms with Gasteiger partial charge in [0.25, 0.3) is 0 Å². The molecule has 8 heteroatoms. The molecule has 0 bridgehead atoms. The van der Waals surface area contributed by atoms with Gasteiger partial charge >= 0.3 is 5.97 Å². The number of sulfonamides is 1. The maximum atomic E-state index is 13.9. The van der Waals surface area contributed by atoms with Crippen molar-refractivity contribution in [1.29, 1.82) is 0 Å². The van der Waals surface area contributed by atoms with Crippen LogP contribution in [0.2, 0.25) is 5.02 Å². The van der Waals surface area contributed by atoms with Crippen molar-refractivity contribution in [3.8, 4) is 0 Å². The summed E-state index contributed by atoms with van der Waals surface area (Å²) in [5, 5.41) is 4.72. The van der Waals surface area contributed by atoms with Crippen LogP contribution in [-0.4, -0.2) is 20.5 Å². The maximum absolute atomic E-state index is 13.9. The zero-order chi connectivity index (χ0) is 14.8. The summed E-state index contributed by atoms with van der Waals surface area (Å²) in [7, 11) is -4.31. The molecule has 1 rings (SSSR count). The van der Waals surface area contributed by atoms with Gasteiger partial charge in [0.1, 0.15) is 4.90 Å². The third kappa shape index (κ3) is 3.89. The number of primary sulfonamides is 1. The van der Waals surface area contributed by atoms with E-state index in [1.165, 1.54) is 0 Å². The summed E-state index contributed by atoms with van der Waals surface area (Å²) in [5.41, 5.74) is -0.558. The molecule has 106 valence electrons. The SMILES string of the molecule is CCC(C)OC(=O)c1cc(Cl)cc(S(N)(=O)=O)c1F. The van der Waals surface area contributed by atoms with Crippen molar-refractivity contribution in [1.82, 2.24) is 0 Å². The normalized spacial score (nSPS) is 13.1. The second-order valence-electron chi connectivity index (χ2n) is 3.93. The zero-order valence-corrected chi connectivity index (χ0v) is 11.9. The molecule has 1 aromatic carbocycles. The highest BCUT2D eigenvalue weighted by molar-refractivity contribution is 7.89. The van der Waals surface area contributed by atoms with Gasteiger partial charge in [0.05, 0.1) is 11.7 Å². The fourth-order valence-corrected chi connectivity index (χ4v) is 2.18. The van der Waals surface area contributed by atoms with Gasteiger partial charge in [-0.15, -0.1) is 0 Å². The first-order valence-electron chi connectivity index (χ1n) is 5.39. The molecular weight excluding hydrogens is 297 g/mol. The minimum atomic E-state index is -4.31. The first-order chi connectivity index (χ1) is 8.66. The van der Waals surface area contributed by atoms with Crippen molar-refractivity contribution >= 4 is 27.6 Å². The van der Waals surface area contributed by atoms with Crippen LogP contribution in [0.4, 0.5) is 4.39 Å². The van der Waals surface area contributed by atoms with Crippen LogP contribution in [0.1, 0.15) is 30.6 Å². The molecule has 0 amide bonds. The fourth-order valence-electron chi connectivity index (χ4n) is 1.25. The van der Waals surface area contributed by atoms with Crippen LogP contribution in [0.25, 0.3) is 0 Å². The number of ether oxygens (including phenoxy) is 1. The Bertz CT molecular complexity index is 603. The number of hydrogen-bond donors (Lipinski definition) is 1. The standard InChI is InChI=1S/C11H13ClFNO4S/c1-3-6(2)18-11(15)8-4-7(12)5-9(10(8)13)19(14,16)17/h4-6H,3H2,1-2H3,(H2,14,16,17). The van der Waals surface area contributed by atoms with Gasteiger partial charge in [0, 0.05) is 5.02 Å². The highest BCUT2D eigenvalue weighted by atomic mass is 35.5. The van der Waals surface area contributed by atoms with E-state index in [0.29, 0.717) is 6.42 Å². The number of carbonyl (C=O) groups excluding carboxylic acids is 1. The van der Waals surface area contributed by atoms with E-state index in [0.717, 1.165) is 12.1 Å². The minimum Gasteiger partial charge on any atom is -0.459 e. The number of benzene rings is 1. The number of carbonyl (C=O) groups is 1. The van der Waals surface area contributed by atoms with Crippen molar-refractivity contribution in [2.75, 3.05) is 0 Å². The molecule has 1 unspecified atom stereocenters. The van der Waals surface area contributed by atoms with Crippen molar-refractivity contribution < 1.29 is 22.3 Å². The van der Waals surface area contributed by atoms with Crippen molar-refractivity contribution in [2.45, 2.75) is 31.3 Å². The van der Waals surface area contributed by atoms with Gasteiger partial charge < -0.3 is 4.74 Å². The Labute approximate surface area is 115 Å². The Morgan fingerprint density at radius 2 is 2.11 bits per heavy atom. The zero-order valence-electron chi connectivity index (χ0n) is 10.3. The molecule has 0 aliphatic rings. The molecule has 1 aromatic rings. The summed E-state index contributed by atoms with van der Waals surface area (Å²) in [4.78, 5) is 10.9. The maximum Gasteiger partial charge on any atom is 0.341 e. The van der Waals surface area contributed by atoms with E-state index in [1.54, 1.807) is 13.8 Å². The molecule has 0 aliphatic carbocycles. The monoisotopic (exact) mass is 309 g/mol. The average molecular weight is 310 g/mol. The van der Waals surface area contributed by atoms with E-state index in [-0.39, 0.29) is 5.02 Å². The Kier molecular flexibility index (Phi) is 4.89. The number of esters is 1. The highest BCUT2D eigenvalue weighted by Gasteiger charge is 2.24. The second kappa shape index (κ2) is 5.85. The summed E-state index contributed by atoms with van der Waals surface area (Å²) >= 11 is 5.65. The Balaban J connectivity index is 3.30. The van der Waals surface area contributed by atoms with Crippen LogP contribution < -0.4 is 5.14 Å². The second-order valence-corrected chi connectivity index (χ2v) is 5.90. The number of hydrogen-bond acceptors (Lipinski definition) is 4. The lowest BCUT2D eigenvalue weighted by Gasteiger charge is -2.12. The van der Waals surface area contributed by atoms with Gasteiger partial charge in [0.15, 0.2) is 5.82 Å². The van der Waals surface area contributed by atoms with Crippen LogP contribution in [-0.2, 0) is 14.8 Å². The Morgan fingerprint density at radius 3 is 2.58 bits per heavy atom. The van der Waals surface area contributed by atoms with Gasteiger partial charge in [-0.25, -0.2) is 22.7 Å². The largest absolute Gasteiger partial charge is 0.459 e. The molecule has 0 heterocycles. The van der Waals surface area contributed by atoms with E-state index in [1.807, 2.05) is 0 Å². The first kappa shape index (κ1) is 15.9. The summed E-state index contributed by atoms with van der Waals surface area (Å²) in [6.45, 7) is 3.41. The van der Waals surface area contributed by atoms with Crippen molar-refractivity contribution in [2.24, 2.45) is 5.14 Å². The molecule has 0 aromatic heterocycles. The fraction of sp³-hybridized carbons (Fsp3) is 0.364. The van der Waals surface area contributed by atoms with E-state index in [9.17, 15) is 17.6 Å². The van der Waals surface area contributed by atoms with Crippen molar-refractivity contribution in [3.63, 3.8) is 0 Å². The smallest absolute Gasteiger partial charge is 0.341 e. The third-order valence-electron chi connectivity index (χ3n) is 2.41. The molecule has 0 saturated heterocycles. The number of halogens is 2. The van der Waals surface area contributed by atoms with Crippen LogP contribution in [0.15, 0.2) is 17.0 Å². The third-order valence-corrected chi connectivity index (χ3v) is 3.54. The summed E-state index contributed by atoms with van der Waals surface area (Å²) in [6.07, 6.45) is 0.111. The summed E-state index contributed by atoms with van der Waals surface area (Å²) < 4.78 is 41.2. The van der Waals surface area contributed by atoms with Crippen LogP contribution in [0.3, 0.4) is 0 Å². The molecule has 0 fully saturated rings. The lowest BCUT2D eigenvalue weighted by Crippen LogP contribution is -2.19. The molecule has 5 nitrogen and oxygen atoms in total. The van der Waals surface area contributed by atoms with Crippen LogP contribution in [0, 0.1) is 5.82 Å². The molecular formula is C11H13ClFNO4S. The topological polar surface area (TPSA) is 86.5 Å². The van der Waals surface area contributed by atoms with E-state index < -0.39 is 38.4 Å². The van der Waals surface area contributed by atoms with Crippen LogP contribution in [0.5, 0.6) is 0 Å². The molecule has 0 spiro atoms. The highest BCUT2D eigenvalue weighted by Crippen LogP contribution is 2.24. The minimum absolute atomic E-state index is 0.124. The van der Waals surface area contributed by atoms with Crippen LogP contribution >= 0.6 is 11.6 Å². The summed E-state index contributed by atoms with van der Waals surface area (Å²) in [5.74, 6) is -2.25. The predicted molar refractivity (Wildman–Crippen MR) is 68.0 cm³/mol. The summed E-state index contributed by atoms with van der Waals surface area (Å²) in [6, 6.07) is 1.84. The average Bonchev–Trinajstić information content (AvgIpc) is 2.29. The van der Waals surface area contributed by atoms with Gasteiger partial charge in [-0.05, 0) is 25.5 Å². The molecule has 0 saturated carbocycles. The molecule has 19 heavy (non-hydrogen) atoms. The molecule has 0 aliphatic heterocycles. The van der Waals surface area contributed by atoms with E-state index in [4.69, 9.17) is 21.5 Å². The Hall–Kier alpha value is -1.18. The van der Waals surface area contributed by atoms with Gasteiger partial charge in [0.2, 0.25) is 10.0 Å². The molecule has 1 atom stereocenters. The van der Waals surface area contributed by atoms with Gasteiger partial charge in [-0.3, -0.25) is 0 Å². The van der Waals surface area contributed by atoms with Gasteiger partial charge in [-0.2, -0.15) is 0 Å². The molecule has 2 N–H and O–H groups in total. The van der Waals surface area contributed by atoms with Crippen molar-refractivity contribution in [3.05, 3.63) is 28.5 Å². The van der Waals surface area contributed by atoms with Gasteiger partial charge in [-0.1, -0.05) is 18.5 Å². The Morgan fingerprint density at radius 1 is 1.53 bits per heavy atom. The lowest BCUT2D eigenvalue weighted by atomic mass is 10.2. The predicted octanol–water partition coefficient (Wildman–Crippen LogP) is 2.08. The van der Waals surface area contributed by atoms with E-state index in [2.05, 4.69) is 0 Å².